The fourth-order valence-electron chi connectivity index (χ4n) is 13.2. The van der Waals surface area contributed by atoms with Crippen LogP contribution in [0.15, 0.2) is 0 Å². The Hall–Kier alpha value is -0.560. The average Bonchev–Trinajstić information content (AvgIpc) is 3.58. The number of rotatable bonds is 6. The Morgan fingerprint density at radius 3 is 2.08 bits per heavy atom. The van der Waals surface area contributed by atoms with E-state index in [4.69, 9.17) is 28.4 Å². The van der Waals surface area contributed by atoms with Crippen LogP contribution in [0.5, 0.6) is 0 Å². The summed E-state index contributed by atoms with van der Waals surface area (Å²) in [5, 5.41) is 84.5. The van der Waals surface area contributed by atoms with Crippen molar-refractivity contribution < 1.29 is 69.3 Å². The van der Waals surface area contributed by atoms with Crippen LogP contribution in [0, 0.1) is 52.3 Å². The first kappa shape index (κ1) is 39.3. The third-order valence-corrected chi connectivity index (χ3v) is 16.2. The van der Waals surface area contributed by atoms with E-state index in [1.54, 1.807) is 0 Å². The highest BCUT2D eigenvalue weighted by Gasteiger charge is 2.69. The highest BCUT2D eigenvalue weighted by atomic mass is 16.8. The average molecular weight is 757 g/mol. The lowest BCUT2D eigenvalue weighted by molar-refractivity contribution is -0.376. The second kappa shape index (κ2) is 14.4. The van der Waals surface area contributed by atoms with Crippen LogP contribution in [0.2, 0.25) is 0 Å². The zero-order valence-electron chi connectivity index (χ0n) is 31.6. The number of hydrogen-bond donors (Lipinski definition) is 8. The second-order valence-electron chi connectivity index (χ2n) is 18.9. The predicted molar refractivity (Wildman–Crippen MR) is 184 cm³/mol. The molecule has 14 heteroatoms. The molecule has 8 rings (SSSR count). The first-order valence-corrected chi connectivity index (χ1v) is 20.4. The molecule has 0 bridgehead atoms. The van der Waals surface area contributed by atoms with Gasteiger partial charge < -0.3 is 69.3 Å². The van der Waals surface area contributed by atoms with Crippen molar-refractivity contribution in [2.75, 3.05) is 19.8 Å². The summed E-state index contributed by atoms with van der Waals surface area (Å²) < 4.78 is 37.2. The van der Waals surface area contributed by atoms with Gasteiger partial charge in [0.05, 0.1) is 38.1 Å². The highest BCUT2D eigenvalue weighted by molar-refractivity contribution is 5.16. The van der Waals surface area contributed by atoms with E-state index in [0.29, 0.717) is 48.3 Å². The fraction of sp³-hybridized carbons (Fsp3) is 1.00. The summed E-state index contributed by atoms with van der Waals surface area (Å²) in [6.07, 6.45) is -8.11. The van der Waals surface area contributed by atoms with Gasteiger partial charge in [0.2, 0.25) is 0 Å². The molecule has 0 radical (unpaired) electrons. The van der Waals surface area contributed by atoms with Gasteiger partial charge in [0, 0.05) is 12.3 Å². The minimum Gasteiger partial charge on any atom is -0.394 e. The molecule has 4 heterocycles. The van der Waals surface area contributed by atoms with E-state index in [1.807, 2.05) is 0 Å². The van der Waals surface area contributed by atoms with Gasteiger partial charge in [-0.2, -0.15) is 0 Å². The van der Waals surface area contributed by atoms with Crippen LogP contribution < -0.4 is 0 Å². The summed E-state index contributed by atoms with van der Waals surface area (Å²) in [7, 11) is 0. The molecule has 4 saturated heterocycles. The molecular weight excluding hydrogens is 692 g/mol. The molecule has 4 saturated carbocycles. The van der Waals surface area contributed by atoms with Crippen molar-refractivity contribution in [2.24, 2.45) is 52.3 Å². The first-order valence-electron chi connectivity index (χ1n) is 20.4. The smallest absolute Gasteiger partial charge is 0.187 e. The molecule has 0 aromatic heterocycles. The van der Waals surface area contributed by atoms with Gasteiger partial charge in [-0.25, -0.2) is 0 Å². The zero-order chi connectivity index (χ0) is 37.8. The van der Waals surface area contributed by atoms with Crippen LogP contribution in [0.25, 0.3) is 0 Å². The topological polar surface area (TPSA) is 217 Å². The molecule has 8 N–H and O–H groups in total. The summed E-state index contributed by atoms with van der Waals surface area (Å²) in [4.78, 5) is 0. The van der Waals surface area contributed by atoms with Crippen molar-refractivity contribution in [3.05, 3.63) is 0 Å². The summed E-state index contributed by atoms with van der Waals surface area (Å²) in [6, 6.07) is 0. The van der Waals surface area contributed by atoms with Crippen molar-refractivity contribution in [1.82, 2.24) is 0 Å². The Kier molecular flexibility index (Phi) is 10.6. The number of fused-ring (bicyclic) bond motifs is 7. The molecule has 1 spiro atoms. The molecule has 0 aromatic carbocycles. The van der Waals surface area contributed by atoms with Crippen LogP contribution in [0.4, 0.5) is 0 Å². The lowest BCUT2D eigenvalue weighted by Crippen LogP contribution is -2.65. The minimum atomic E-state index is -1.76. The van der Waals surface area contributed by atoms with Crippen molar-refractivity contribution in [3.8, 4) is 0 Å². The van der Waals surface area contributed by atoms with E-state index >= 15 is 0 Å². The van der Waals surface area contributed by atoms with Crippen LogP contribution >= 0.6 is 0 Å². The monoisotopic (exact) mass is 756 g/mol. The summed E-state index contributed by atoms with van der Waals surface area (Å²) in [6.45, 7) is 8.96. The van der Waals surface area contributed by atoms with Crippen LogP contribution in [-0.2, 0) is 28.4 Å². The summed E-state index contributed by atoms with van der Waals surface area (Å²) in [5.74, 6) is 2.78. The maximum Gasteiger partial charge on any atom is 0.187 e. The molecule has 8 fully saturated rings. The molecule has 8 aliphatic rings. The van der Waals surface area contributed by atoms with Gasteiger partial charge in [0.15, 0.2) is 18.4 Å². The standard InChI is InChI=1S/C39H64O14/c1-17-7-10-39(48-16-17)18(2)28-25(53-39)12-22-20-6-5-19-11-24(23(42)13-38(19,4)21(20)8-9-37(22,28)3)49-36-34(32(46)30(44)27(15-41)51-36)52-35-33(47)31(45)29(43)26(14-40)50-35/h17-36,40-47H,5-16H2,1-4H3/t17-,18+,19-,20-,21+,22+,23+,24-,25+,26-,27-,28+,29-,30+,31+,32+,33-,34-,35+,36-,37+,38+,39-/m1/s1. The van der Waals surface area contributed by atoms with Crippen molar-refractivity contribution in [1.29, 1.82) is 0 Å². The third kappa shape index (κ3) is 6.20. The van der Waals surface area contributed by atoms with E-state index in [2.05, 4.69) is 27.7 Å². The quantitative estimate of drug-likeness (QED) is 0.173. The lowest BCUT2D eigenvalue weighted by Gasteiger charge is -2.62. The Balaban J connectivity index is 0.962. The van der Waals surface area contributed by atoms with E-state index < -0.39 is 92.6 Å². The molecule has 0 unspecified atom stereocenters. The Labute approximate surface area is 312 Å². The molecule has 0 aromatic rings. The van der Waals surface area contributed by atoms with E-state index in [-0.39, 0.29) is 22.9 Å². The Bertz CT molecular complexity index is 1300. The maximum atomic E-state index is 11.8. The van der Waals surface area contributed by atoms with Crippen LogP contribution in [-0.4, -0.2) is 146 Å². The van der Waals surface area contributed by atoms with Crippen molar-refractivity contribution >= 4 is 0 Å². The summed E-state index contributed by atoms with van der Waals surface area (Å²) >= 11 is 0. The second-order valence-corrected chi connectivity index (χ2v) is 18.9. The van der Waals surface area contributed by atoms with Crippen LogP contribution in [0.1, 0.15) is 85.5 Å². The van der Waals surface area contributed by atoms with Gasteiger partial charge in [-0.1, -0.05) is 27.7 Å². The van der Waals surface area contributed by atoms with Gasteiger partial charge in [0.1, 0.15) is 48.8 Å². The van der Waals surface area contributed by atoms with E-state index in [1.165, 1.54) is 0 Å². The molecule has 23 atom stereocenters. The maximum absolute atomic E-state index is 11.8. The SMILES string of the molecule is C[C@@H]1CC[C@@]2(OC1)O[C@H]1C[C@H]3[C@@H]4CC[C@@H]5C[C@@H](O[C@@H]6O[C@H](CO)[C@H](O)[C@H](O)[C@H]6O[C@@H]6O[C@H](CO)[C@@H](O)[C@H](O)[C@H]6O)[C@@H](O)C[C@]5(C)[C@H]4CC[C@]3(C)[C@H]1[C@@H]2C. The van der Waals surface area contributed by atoms with E-state index in [9.17, 15) is 40.9 Å². The molecule has 14 nitrogen and oxygen atoms in total. The minimum absolute atomic E-state index is 0.111. The molecular formula is C39H64O14. The van der Waals surface area contributed by atoms with Gasteiger partial charge in [-0.05, 0) is 97.7 Å². The fourth-order valence-corrected chi connectivity index (χ4v) is 13.2. The van der Waals surface area contributed by atoms with Gasteiger partial charge in [-0.15, -0.1) is 0 Å². The van der Waals surface area contributed by atoms with Gasteiger partial charge in [-0.3, -0.25) is 0 Å². The predicted octanol–water partition coefficient (Wildman–Crippen LogP) is 0.413. The van der Waals surface area contributed by atoms with Gasteiger partial charge >= 0.3 is 0 Å². The summed E-state index contributed by atoms with van der Waals surface area (Å²) in [5.41, 5.74) is 0.0762. The van der Waals surface area contributed by atoms with E-state index in [0.717, 1.165) is 51.6 Å². The van der Waals surface area contributed by atoms with Gasteiger partial charge in [0.25, 0.3) is 0 Å². The number of aliphatic hydroxyl groups is 8. The largest absolute Gasteiger partial charge is 0.394 e. The highest BCUT2D eigenvalue weighted by Crippen LogP contribution is 2.71. The molecule has 53 heavy (non-hydrogen) atoms. The normalized spacial score (nSPS) is 59.5. The van der Waals surface area contributed by atoms with Crippen molar-refractivity contribution in [2.45, 2.75) is 171 Å². The Morgan fingerprint density at radius 2 is 1.40 bits per heavy atom. The number of aliphatic hydroxyl groups excluding tert-OH is 8. The first-order chi connectivity index (χ1) is 25.2. The zero-order valence-corrected chi connectivity index (χ0v) is 31.6. The molecule has 4 aliphatic heterocycles. The number of ether oxygens (including phenoxy) is 6. The number of hydrogen-bond acceptors (Lipinski definition) is 14. The van der Waals surface area contributed by atoms with Crippen LogP contribution in [0.3, 0.4) is 0 Å². The Morgan fingerprint density at radius 1 is 0.698 bits per heavy atom. The molecule has 0 amide bonds. The van der Waals surface area contributed by atoms with Crippen molar-refractivity contribution in [3.63, 3.8) is 0 Å². The molecule has 4 aliphatic carbocycles. The third-order valence-electron chi connectivity index (χ3n) is 16.2. The lowest BCUT2D eigenvalue weighted by atomic mass is 9.44. The molecule has 304 valence electrons.